The van der Waals surface area contributed by atoms with E-state index in [0.717, 1.165) is 0 Å². The Kier molecular flexibility index (Phi) is 8.30. The topological polar surface area (TPSA) is 82.3 Å². The lowest BCUT2D eigenvalue weighted by Gasteiger charge is -2.16. The number of nitrogens with one attached hydrogen (secondary N) is 4. The van der Waals surface area contributed by atoms with Crippen molar-refractivity contribution in [2.45, 2.75) is 7.84 Å². The Balaban J connectivity index is 2.59. The normalized spacial score (nSPS) is 11.6. The molecular formula is C10H8Cl4F2N4O2S2. The van der Waals surface area contributed by atoms with Crippen molar-refractivity contribution < 1.29 is 18.4 Å². The van der Waals surface area contributed by atoms with E-state index in [1.54, 1.807) is 12.1 Å². The number of para-hydroxylation sites is 2. The molecule has 6 nitrogen and oxygen atoms in total. The van der Waals surface area contributed by atoms with Crippen molar-refractivity contribution in [1.82, 2.24) is 10.9 Å². The average molecular weight is 460 g/mol. The molecule has 0 spiro atoms. The van der Waals surface area contributed by atoms with Crippen LogP contribution in [0.15, 0.2) is 24.3 Å². The summed E-state index contributed by atoms with van der Waals surface area (Å²) in [4.78, 5) is 22.8. The van der Waals surface area contributed by atoms with Gasteiger partial charge in [-0.05, 0) is 12.1 Å². The molecule has 0 aromatic heterocycles. The maximum Gasteiger partial charge on any atom is 0.313 e. The molecule has 0 saturated heterocycles. The Morgan fingerprint density at radius 3 is 1.46 bits per heavy atom. The molecule has 0 aliphatic heterocycles. The molecule has 0 aliphatic carbocycles. The van der Waals surface area contributed by atoms with Gasteiger partial charge in [0.15, 0.2) is 0 Å². The number of hydrazine groups is 2. The predicted octanol–water partition coefficient (Wildman–Crippen LogP) is 5.34. The van der Waals surface area contributed by atoms with Crippen LogP contribution in [0.1, 0.15) is 0 Å². The molecule has 0 saturated carbocycles. The number of carbonyl (C=O) groups is 2. The van der Waals surface area contributed by atoms with E-state index in [2.05, 4.69) is 21.7 Å². The summed E-state index contributed by atoms with van der Waals surface area (Å²) in [7, 11) is 0. The molecule has 4 N–H and O–H groups in total. The predicted molar refractivity (Wildman–Crippen MR) is 97.0 cm³/mol. The molecule has 1 aromatic rings. The summed E-state index contributed by atoms with van der Waals surface area (Å²) < 4.78 is 20.2. The molecule has 0 heterocycles. The summed E-state index contributed by atoms with van der Waals surface area (Å²) >= 11 is 20.1. The third kappa shape index (κ3) is 9.70. The molecule has 14 heteroatoms. The first-order chi connectivity index (χ1) is 11.0. The van der Waals surface area contributed by atoms with Crippen LogP contribution in [-0.2, 0) is 0 Å². The van der Waals surface area contributed by atoms with Crippen LogP contribution < -0.4 is 21.7 Å². The number of hydrogen-bond acceptors (Lipinski definition) is 6. The van der Waals surface area contributed by atoms with Crippen LogP contribution >= 0.6 is 69.9 Å². The van der Waals surface area contributed by atoms with Gasteiger partial charge in [-0.1, -0.05) is 58.5 Å². The third-order valence-electron chi connectivity index (χ3n) is 1.94. The zero-order chi connectivity index (χ0) is 18.4. The van der Waals surface area contributed by atoms with Crippen molar-refractivity contribution >= 4 is 91.8 Å². The molecule has 0 fully saturated rings. The van der Waals surface area contributed by atoms with Crippen LogP contribution in [0, 0.1) is 0 Å². The van der Waals surface area contributed by atoms with Gasteiger partial charge in [-0.25, -0.2) is 0 Å². The first-order valence-electron chi connectivity index (χ1n) is 5.69. The second-order valence-electron chi connectivity index (χ2n) is 3.72. The van der Waals surface area contributed by atoms with Crippen molar-refractivity contribution in [1.29, 1.82) is 0 Å². The number of alkyl halides is 6. The summed E-state index contributed by atoms with van der Waals surface area (Å²) in [5, 5.41) is -1.80. The van der Waals surface area contributed by atoms with Gasteiger partial charge >= 0.3 is 18.3 Å². The van der Waals surface area contributed by atoms with Crippen LogP contribution in [0.5, 0.6) is 0 Å². The number of anilines is 2. The summed E-state index contributed by atoms with van der Waals surface area (Å²) in [6.45, 7) is 0. The van der Waals surface area contributed by atoms with Crippen molar-refractivity contribution in [3.05, 3.63) is 24.3 Å². The average Bonchev–Trinajstić information content (AvgIpc) is 2.40. The van der Waals surface area contributed by atoms with Gasteiger partial charge in [-0.3, -0.25) is 31.3 Å². The first kappa shape index (κ1) is 21.5. The van der Waals surface area contributed by atoms with E-state index in [9.17, 15) is 18.4 Å². The zero-order valence-corrected chi connectivity index (χ0v) is 15.9. The highest BCUT2D eigenvalue weighted by atomic mass is 35.5. The van der Waals surface area contributed by atoms with Gasteiger partial charge < -0.3 is 0 Å². The highest BCUT2D eigenvalue weighted by Gasteiger charge is 2.28. The Hall–Kier alpha value is -0.520. The lowest BCUT2D eigenvalue weighted by molar-refractivity contribution is 0.261. The van der Waals surface area contributed by atoms with Crippen LogP contribution in [0.2, 0.25) is 0 Å². The SMILES string of the molecule is O=C(NNc1ccccc1NNC(=O)SC(F)(Cl)Cl)SC(F)(Cl)Cl. The van der Waals surface area contributed by atoms with E-state index in [1.165, 1.54) is 12.1 Å². The van der Waals surface area contributed by atoms with E-state index in [1.807, 2.05) is 0 Å². The van der Waals surface area contributed by atoms with Gasteiger partial charge in [0.2, 0.25) is 0 Å². The van der Waals surface area contributed by atoms with Gasteiger partial charge in [0.05, 0.1) is 11.4 Å². The summed E-state index contributed by atoms with van der Waals surface area (Å²) in [5.74, 6) is 0. The Labute approximate surface area is 163 Å². The fourth-order valence-electron chi connectivity index (χ4n) is 1.20. The van der Waals surface area contributed by atoms with Crippen LogP contribution in [-0.4, -0.2) is 18.3 Å². The van der Waals surface area contributed by atoms with E-state index >= 15 is 0 Å². The van der Waals surface area contributed by atoms with Gasteiger partial charge in [0.25, 0.3) is 0 Å². The minimum Gasteiger partial charge on any atom is -0.296 e. The second-order valence-corrected chi connectivity index (χ2v) is 9.36. The smallest absolute Gasteiger partial charge is 0.296 e. The van der Waals surface area contributed by atoms with Gasteiger partial charge in [0, 0.05) is 23.5 Å². The largest absolute Gasteiger partial charge is 0.313 e. The molecule has 0 bridgehead atoms. The molecule has 134 valence electrons. The molecule has 0 radical (unpaired) electrons. The minimum atomic E-state index is -2.78. The lowest BCUT2D eigenvalue weighted by Crippen LogP contribution is -2.30. The van der Waals surface area contributed by atoms with Crippen LogP contribution in [0.4, 0.5) is 29.7 Å². The molecule has 1 aromatic carbocycles. The number of amides is 2. The number of halogens is 6. The number of thioether (sulfide) groups is 2. The molecule has 0 unspecified atom stereocenters. The van der Waals surface area contributed by atoms with Gasteiger partial charge in [-0.2, -0.15) is 8.78 Å². The third-order valence-corrected chi connectivity index (χ3v) is 3.91. The van der Waals surface area contributed by atoms with Crippen molar-refractivity contribution in [3.63, 3.8) is 0 Å². The number of carbonyl (C=O) groups excluding carboxylic acids is 2. The highest BCUT2D eigenvalue weighted by Crippen LogP contribution is 2.37. The van der Waals surface area contributed by atoms with E-state index < -0.39 is 18.3 Å². The molecule has 0 aliphatic rings. The van der Waals surface area contributed by atoms with E-state index in [0.29, 0.717) is 0 Å². The Morgan fingerprint density at radius 1 is 0.833 bits per heavy atom. The fraction of sp³-hybridized carbons (Fsp3) is 0.200. The highest BCUT2D eigenvalue weighted by molar-refractivity contribution is 8.16. The molecular weight excluding hydrogens is 452 g/mol. The van der Waals surface area contributed by atoms with Crippen LogP contribution in [0.25, 0.3) is 0 Å². The quantitative estimate of drug-likeness (QED) is 0.339. The Bertz CT molecular complexity index is 550. The number of hydrogen-bond donors (Lipinski definition) is 4. The van der Waals surface area contributed by atoms with Crippen molar-refractivity contribution in [3.8, 4) is 0 Å². The maximum absolute atomic E-state index is 12.9. The number of benzene rings is 1. The van der Waals surface area contributed by atoms with E-state index in [-0.39, 0.29) is 34.9 Å². The van der Waals surface area contributed by atoms with E-state index in [4.69, 9.17) is 46.4 Å². The number of rotatable bonds is 6. The molecule has 1 rings (SSSR count). The summed E-state index contributed by atoms with van der Waals surface area (Å²) in [5.41, 5.74) is 9.74. The summed E-state index contributed by atoms with van der Waals surface area (Å²) in [6, 6.07) is 6.24. The molecule has 2 amide bonds. The Morgan fingerprint density at radius 2 is 1.17 bits per heavy atom. The zero-order valence-electron chi connectivity index (χ0n) is 11.2. The molecule has 0 atom stereocenters. The fourth-order valence-corrected chi connectivity index (χ4v) is 2.66. The second kappa shape index (κ2) is 9.25. The first-order valence-corrected chi connectivity index (χ1v) is 8.83. The van der Waals surface area contributed by atoms with Crippen LogP contribution in [0.3, 0.4) is 0 Å². The molecule has 24 heavy (non-hydrogen) atoms. The lowest BCUT2D eigenvalue weighted by atomic mass is 10.3. The minimum absolute atomic E-state index is 0.00635. The van der Waals surface area contributed by atoms with Crippen molar-refractivity contribution in [2.24, 2.45) is 0 Å². The standard InChI is InChI=1S/C10H8Cl4F2N4O2S2/c11-9(12,15)23-7(21)19-17-5-3-1-2-4-6(5)18-20-8(22)24-10(13,14)16/h1-4,17-18H,(H,19,21)(H,20,22). The van der Waals surface area contributed by atoms with Gasteiger partial charge in [-0.15, -0.1) is 0 Å². The monoisotopic (exact) mass is 458 g/mol. The summed E-state index contributed by atoms with van der Waals surface area (Å²) in [6.07, 6.45) is 0. The van der Waals surface area contributed by atoms with Crippen molar-refractivity contribution in [2.75, 3.05) is 10.9 Å². The maximum atomic E-state index is 12.9. The van der Waals surface area contributed by atoms with Gasteiger partial charge in [0.1, 0.15) is 0 Å².